The predicted molar refractivity (Wildman–Crippen MR) is 70.6 cm³/mol. The van der Waals surface area contributed by atoms with Gasteiger partial charge in [-0.15, -0.1) is 6.58 Å². The van der Waals surface area contributed by atoms with Gasteiger partial charge in [-0.05, 0) is 31.0 Å². The summed E-state index contributed by atoms with van der Waals surface area (Å²) in [6, 6.07) is 3.40. The summed E-state index contributed by atoms with van der Waals surface area (Å²) in [6.45, 7) is 5.33. The van der Waals surface area contributed by atoms with Crippen LogP contribution in [0.2, 0.25) is 0 Å². The molecule has 5 nitrogen and oxygen atoms in total. The molecule has 0 aliphatic carbocycles. The van der Waals surface area contributed by atoms with Crippen LogP contribution >= 0.6 is 0 Å². The van der Waals surface area contributed by atoms with Gasteiger partial charge < -0.3 is 19.7 Å². The molecule has 0 amide bonds. The van der Waals surface area contributed by atoms with Gasteiger partial charge in [-0.1, -0.05) is 6.08 Å². The average molecular weight is 266 g/mol. The standard InChI is InChI=1S/C14H18O5/c1-3-5-11-6-10(8-15)7-12(18-4-2)14(11)19-9-13(16)17/h3,6-7,15H,1,4-5,8-9H2,2H3,(H,16,17). The number of carbonyl (C=O) groups is 1. The Morgan fingerprint density at radius 1 is 1.42 bits per heavy atom. The van der Waals surface area contributed by atoms with Crippen molar-refractivity contribution in [2.45, 2.75) is 20.0 Å². The normalized spacial score (nSPS) is 10.0. The van der Waals surface area contributed by atoms with Gasteiger partial charge in [0.05, 0.1) is 13.2 Å². The summed E-state index contributed by atoms with van der Waals surface area (Å²) < 4.78 is 10.7. The minimum atomic E-state index is -1.06. The second-order valence-electron chi connectivity index (χ2n) is 3.85. The van der Waals surface area contributed by atoms with E-state index in [2.05, 4.69) is 6.58 Å². The van der Waals surface area contributed by atoms with Crippen LogP contribution in [-0.4, -0.2) is 29.4 Å². The van der Waals surface area contributed by atoms with Crippen LogP contribution in [0, 0.1) is 0 Å². The zero-order chi connectivity index (χ0) is 14.3. The van der Waals surface area contributed by atoms with E-state index in [4.69, 9.17) is 14.6 Å². The first-order valence-corrected chi connectivity index (χ1v) is 5.97. The Balaban J connectivity index is 3.17. The van der Waals surface area contributed by atoms with E-state index in [0.29, 0.717) is 30.1 Å². The zero-order valence-corrected chi connectivity index (χ0v) is 10.9. The highest BCUT2D eigenvalue weighted by atomic mass is 16.5. The van der Waals surface area contributed by atoms with E-state index in [-0.39, 0.29) is 6.61 Å². The molecule has 1 rings (SSSR count). The molecule has 0 aliphatic heterocycles. The topological polar surface area (TPSA) is 76.0 Å². The number of carboxylic acid groups (broad SMARTS) is 1. The first kappa shape index (κ1) is 15.0. The fourth-order valence-corrected chi connectivity index (χ4v) is 1.68. The Labute approximate surface area is 112 Å². The van der Waals surface area contributed by atoms with Crippen molar-refractivity contribution in [1.82, 2.24) is 0 Å². The van der Waals surface area contributed by atoms with E-state index >= 15 is 0 Å². The molecule has 0 spiro atoms. The summed E-state index contributed by atoms with van der Waals surface area (Å²) in [5.41, 5.74) is 1.43. The van der Waals surface area contributed by atoms with Crippen molar-refractivity contribution in [2.75, 3.05) is 13.2 Å². The molecular formula is C14H18O5. The van der Waals surface area contributed by atoms with Gasteiger partial charge in [-0.3, -0.25) is 0 Å². The maximum atomic E-state index is 10.6. The Kier molecular flexibility index (Phi) is 5.89. The van der Waals surface area contributed by atoms with Crippen LogP contribution < -0.4 is 9.47 Å². The molecule has 0 saturated carbocycles. The van der Waals surface area contributed by atoms with Gasteiger partial charge in [0.2, 0.25) is 0 Å². The molecule has 1 aromatic carbocycles. The van der Waals surface area contributed by atoms with Gasteiger partial charge in [0.25, 0.3) is 0 Å². The molecule has 0 aromatic heterocycles. The molecule has 0 saturated heterocycles. The molecule has 0 radical (unpaired) electrons. The van der Waals surface area contributed by atoms with E-state index in [0.717, 1.165) is 5.56 Å². The van der Waals surface area contributed by atoms with Gasteiger partial charge >= 0.3 is 5.97 Å². The lowest BCUT2D eigenvalue weighted by molar-refractivity contribution is -0.139. The van der Waals surface area contributed by atoms with Crippen LogP contribution in [0.3, 0.4) is 0 Å². The average Bonchev–Trinajstić information content (AvgIpc) is 2.37. The monoisotopic (exact) mass is 266 g/mol. The van der Waals surface area contributed by atoms with Crippen molar-refractivity contribution < 1.29 is 24.5 Å². The van der Waals surface area contributed by atoms with Gasteiger partial charge in [0.1, 0.15) is 0 Å². The molecule has 0 heterocycles. The highest BCUT2D eigenvalue weighted by molar-refractivity contribution is 5.69. The second-order valence-corrected chi connectivity index (χ2v) is 3.85. The maximum absolute atomic E-state index is 10.6. The van der Waals surface area contributed by atoms with Gasteiger partial charge in [-0.25, -0.2) is 4.79 Å². The number of carboxylic acids is 1. The summed E-state index contributed by atoms with van der Waals surface area (Å²) in [5.74, 6) is -0.230. The van der Waals surface area contributed by atoms with E-state index in [1.165, 1.54) is 0 Å². The number of aliphatic carboxylic acids is 1. The fraction of sp³-hybridized carbons (Fsp3) is 0.357. The number of hydrogen-bond acceptors (Lipinski definition) is 4. The van der Waals surface area contributed by atoms with E-state index in [1.807, 2.05) is 6.92 Å². The van der Waals surface area contributed by atoms with Gasteiger partial charge in [-0.2, -0.15) is 0 Å². The lowest BCUT2D eigenvalue weighted by Crippen LogP contribution is -2.12. The fourth-order valence-electron chi connectivity index (χ4n) is 1.68. The molecule has 0 fully saturated rings. The summed E-state index contributed by atoms with van der Waals surface area (Å²) >= 11 is 0. The summed E-state index contributed by atoms with van der Waals surface area (Å²) in [6.07, 6.45) is 2.18. The van der Waals surface area contributed by atoms with E-state index in [1.54, 1.807) is 18.2 Å². The molecule has 0 bridgehead atoms. The van der Waals surface area contributed by atoms with Crippen molar-refractivity contribution >= 4 is 5.97 Å². The number of hydrogen-bond donors (Lipinski definition) is 2. The molecule has 0 atom stereocenters. The van der Waals surface area contributed by atoms with Crippen molar-refractivity contribution in [3.63, 3.8) is 0 Å². The van der Waals surface area contributed by atoms with Gasteiger partial charge in [0, 0.05) is 5.56 Å². The lowest BCUT2D eigenvalue weighted by Gasteiger charge is -2.16. The Morgan fingerprint density at radius 3 is 2.68 bits per heavy atom. The highest BCUT2D eigenvalue weighted by Crippen LogP contribution is 2.34. The van der Waals surface area contributed by atoms with Crippen LogP contribution in [0.5, 0.6) is 11.5 Å². The van der Waals surface area contributed by atoms with Crippen LogP contribution in [0.25, 0.3) is 0 Å². The maximum Gasteiger partial charge on any atom is 0.341 e. The first-order chi connectivity index (χ1) is 9.12. The minimum Gasteiger partial charge on any atom is -0.490 e. The van der Waals surface area contributed by atoms with Crippen molar-refractivity contribution in [1.29, 1.82) is 0 Å². The van der Waals surface area contributed by atoms with Crippen molar-refractivity contribution in [2.24, 2.45) is 0 Å². The van der Waals surface area contributed by atoms with Crippen molar-refractivity contribution in [3.05, 3.63) is 35.9 Å². The third kappa shape index (κ3) is 4.30. The molecule has 2 N–H and O–H groups in total. The van der Waals surface area contributed by atoms with Crippen molar-refractivity contribution in [3.8, 4) is 11.5 Å². The van der Waals surface area contributed by atoms with Crippen LogP contribution in [0.15, 0.2) is 24.8 Å². The minimum absolute atomic E-state index is 0.122. The number of aliphatic hydroxyl groups is 1. The Hall–Kier alpha value is -2.01. The predicted octanol–water partition coefficient (Wildman–Crippen LogP) is 1.77. The molecule has 0 unspecified atom stereocenters. The zero-order valence-electron chi connectivity index (χ0n) is 10.9. The third-order valence-electron chi connectivity index (χ3n) is 2.38. The van der Waals surface area contributed by atoms with Crippen LogP contribution in [-0.2, 0) is 17.8 Å². The number of rotatable bonds is 8. The highest BCUT2D eigenvalue weighted by Gasteiger charge is 2.14. The molecule has 5 heteroatoms. The number of allylic oxidation sites excluding steroid dienone is 1. The number of aliphatic hydroxyl groups excluding tert-OH is 1. The third-order valence-corrected chi connectivity index (χ3v) is 2.38. The lowest BCUT2D eigenvalue weighted by atomic mass is 10.1. The second kappa shape index (κ2) is 7.43. The SMILES string of the molecule is C=CCc1cc(CO)cc(OCC)c1OCC(=O)O. The van der Waals surface area contributed by atoms with Crippen LogP contribution in [0.1, 0.15) is 18.1 Å². The number of ether oxygens (including phenoxy) is 2. The van der Waals surface area contributed by atoms with E-state index in [9.17, 15) is 9.90 Å². The molecular weight excluding hydrogens is 248 g/mol. The molecule has 0 aliphatic rings. The van der Waals surface area contributed by atoms with Gasteiger partial charge in [0.15, 0.2) is 18.1 Å². The summed E-state index contributed by atoms with van der Waals surface area (Å²) in [4.78, 5) is 10.6. The number of benzene rings is 1. The smallest absolute Gasteiger partial charge is 0.341 e. The molecule has 104 valence electrons. The first-order valence-electron chi connectivity index (χ1n) is 5.97. The van der Waals surface area contributed by atoms with Crippen LogP contribution in [0.4, 0.5) is 0 Å². The Morgan fingerprint density at radius 2 is 2.16 bits per heavy atom. The van der Waals surface area contributed by atoms with E-state index < -0.39 is 12.6 Å². The quantitative estimate of drug-likeness (QED) is 0.701. The largest absolute Gasteiger partial charge is 0.490 e. The molecule has 19 heavy (non-hydrogen) atoms. The summed E-state index contributed by atoms with van der Waals surface area (Å²) in [5, 5.41) is 17.9. The summed E-state index contributed by atoms with van der Waals surface area (Å²) in [7, 11) is 0. The molecule has 1 aromatic rings. The Bertz CT molecular complexity index is 453.